The fourth-order valence-corrected chi connectivity index (χ4v) is 5.55. The van der Waals surface area contributed by atoms with Crippen LogP contribution in [0.25, 0.3) is 6.08 Å². The molecule has 2 saturated heterocycles. The predicted octanol–water partition coefficient (Wildman–Crippen LogP) is 3.75. The summed E-state index contributed by atoms with van der Waals surface area (Å²) in [6.45, 7) is 3.74. The minimum absolute atomic E-state index is 0.114. The molecule has 34 heavy (non-hydrogen) atoms. The van der Waals surface area contributed by atoms with E-state index < -0.39 is 0 Å². The van der Waals surface area contributed by atoms with Gasteiger partial charge in [-0.15, -0.1) is 0 Å². The molecule has 2 aromatic carbocycles. The Morgan fingerprint density at radius 2 is 1.79 bits per heavy atom. The lowest BCUT2D eigenvalue weighted by molar-refractivity contribution is -0.132. The van der Waals surface area contributed by atoms with E-state index in [9.17, 15) is 9.59 Å². The number of hydrogen-bond acceptors (Lipinski definition) is 7. The highest BCUT2D eigenvalue weighted by molar-refractivity contribution is 8.26. The number of carbonyl (C=O) groups excluding carboxylic acids is 2. The minimum Gasteiger partial charge on any atom is -0.454 e. The fourth-order valence-electron chi connectivity index (χ4n) is 4.25. The molecule has 2 aromatic rings. The average Bonchev–Trinajstić information content (AvgIpc) is 3.44. The molecule has 0 saturated carbocycles. The number of anilines is 1. The molecule has 0 spiro atoms. The van der Waals surface area contributed by atoms with Crippen LogP contribution in [0.5, 0.6) is 11.5 Å². The topological polar surface area (TPSA) is 62.3 Å². The number of para-hydroxylation sites is 1. The second-order valence-electron chi connectivity index (χ2n) is 8.25. The highest BCUT2D eigenvalue weighted by Gasteiger charge is 2.32. The molecule has 7 nitrogen and oxygen atoms in total. The second kappa shape index (κ2) is 10.1. The van der Waals surface area contributed by atoms with Gasteiger partial charge >= 0.3 is 0 Å². The lowest BCUT2D eigenvalue weighted by Crippen LogP contribution is -2.48. The fraction of sp³-hybridized carbons (Fsp3) is 0.320. The van der Waals surface area contributed by atoms with Crippen molar-refractivity contribution in [1.82, 2.24) is 9.80 Å². The quantitative estimate of drug-likeness (QED) is 0.447. The first-order valence-electron chi connectivity index (χ1n) is 11.3. The van der Waals surface area contributed by atoms with E-state index in [0.29, 0.717) is 53.2 Å². The zero-order valence-electron chi connectivity index (χ0n) is 18.6. The Kier molecular flexibility index (Phi) is 6.73. The summed E-state index contributed by atoms with van der Waals surface area (Å²) < 4.78 is 11.3. The van der Waals surface area contributed by atoms with E-state index in [1.165, 1.54) is 17.4 Å². The molecule has 5 rings (SSSR count). The lowest BCUT2D eigenvalue weighted by atomic mass is 10.2. The first-order chi connectivity index (χ1) is 16.6. The predicted molar refractivity (Wildman–Crippen MR) is 137 cm³/mol. The summed E-state index contributed by atoms with van der Waals surface area (Å²) >= 11 is 6.73. The van der Waals surface area contributed by atoms with Crippen molar-refractivity contribution >= 4 is 51.9 Å². The Bertz CT molecular complexity index is 1130. The van der Waals surface area contributed by atoms with Crippen LogP contribution in [-0.4, -0.2) is 65.5 Å². The molecule has 9 heteroatoms. The summed E-state index contributed by atoms with van der Waals surface area (Å²) in [5, 5.41) is 0. The van der Waals surface area contributed by atoms with Crippen molar-refractivity contribution in [3.8, 4) is 11.5 Å². The Balaban J connectivity index is 1.10. The molecule has 176 valence electrons. The van der Waals surface area contributed by atoms with Crippen LogP contribution in [0.3, 0.4) is 0 Å². The van der Waals surface area contributed by atoms with Crippen molar-refractivity contribution in [3.63, 3.8) is 0 Å². The number of fused-ring (bicyclic) bond motifs is 1. The summed E-state index contributed by atoms with van der Waals surface area (Å²) in [5.41, 5.74) is 2.05. The molecule has 0 aliphatic carbocycles. The first-order valence-corrected chi connectivity index (χ1v) is 12.5. The van der Waals surface area contributed by atoms with Crippen LogP contribution in [0.1, 0.15) is 18.4 Å². The van der Waals surface area contributed by atoms with E-state index >= 15 is 0 Å². The third-order valence-electron chi connectivity index (χ3n) is 6.09. The molecular formula is C25H25N3O4S2. The number of amides is 2. The van der Waals surface area contributed by atoms with Crippen LogP contribution in [0, 0.1) is 0 Å². The Morgan fingerprint density at radius 1 is 1.03 bits per heavy atom. The van der Waals surface area contributed by atoms with Gasteiger partial charge in [0.25, 0.3) is 5.91 Å². The third-order valence-corrected chi connectivity index (χ3v) is 7.47. The van der Waals surface area contributed by atoms with Crippen molar-refractivity contribution in [1.29, 1.82) is 0 Å². The van der Waals surface area contributed by atoms with Crippen molar-refractivity contribution < 1.29 is 19.1 Å². The van der Waals surface area contributed by atoms with E-state index in [1.807, 2.05) is 47.4 Å². The van der Waals surface area contributed by atoms with Crippen LogP contribution < -0.4 is 14.4 Å². The van der Waals surface area contributed by atoms with Gasteiger partial charge in [-0.05, 0) is 42.3 Å². The normalized spacial score (nSPS) is 18.8. The average molecular weight is 496 g/mol. The van der Waals surface area contributed by atoms with Gasteiger partial charge < -0.3 is 19.3 Å². The number of piperazine rings is 1. The van der Waals surface area contributed by atoms with Crippen molar-refractivity contribution in [2.75, 3.05) is 44.4 Å². The Morgan fingerprint density at radius 3 is 2.59 bits per heavy atom. The summed E-state index contributed by atoms with van der Waals surface area (Å²) in [5.74, 6) is 1.40. The first kappa shape index (κ1) is 22.7. The Hall–Kier alpha value is -3.04. The van der Waals surface area contributed by atoms with E-state index in [-0.39, 0.29) is 18.6 Å². The maximum atomic E-state index is 12.9. The number of thioether (sulfide) groups is 1. The van der Waals surface area contributed by atoms with Gasteiger partial charge in [-0.25, -0.2) is 0 Å². The van der Waals surface area contributed by atoms with Gasteiger partial charge in [0.05, 0.1) is 4.91 Å². The van der Waals surface area contributed by atoms with Crippen LogP contribution in [0.15, 0.2) is 53.4 Å². The van der Waals surface area contributed by atoms with E-state index in [1.54, 1.807) is 4.90 Å². The number of carbonyl (C=O) groups is 2. The molecule has 0 N–H and O–H groups in total. The number of nitrogens with zero attached hydrogens (tertiary/aromatic N) is 3. The second-order valence-corrected chi connectivity index (χ2v) is 9.93. The maximum Gasteiger partial charge on any atom is 0.266 e. The van der Waals surface area contributed by atoms with Crippen LogP contribution in [0.2, 0.25) is 0 Å². The third kappa shape index (κ3) is 4.90. The molecule has 0 unspecified atom stereocenters. The summed E-state index contributed by atoms with van der Waals surface area (Å²) in [6, 6.07) is 15.8. The van der Waals surface area contributed by atoms with Gasteiger partial charge in [0, 0.05) is 44.8 Å². The van der Waals surface area contributed by atoms with Gasteiger partial charge in [-0.1, -0.05) is 48.2 Å². The van der Waals surface area contributed by atoms with E-state index in [2.05, 4.69) is 17.0 Å². The summed E-state index contributed by atoms with van der Waals surface area (Å²) in [4.78, 5) is 32.0. The van der Waals surface area contributed by atoms with Gasteiger partial charge in [0.15, 0.2) is 11.5 Å². The van der Waals surface area contributed by atoms with E-state index in [0.717, 1.165) is 18.7 Å². The molecular weight excluding hydrogens is 470 g/mol. The monoisotopic (exact) mass is 495 g/mol. The molecule has 3 heterocycles. The van der Waals surface area contributed by atoms with Gasteiger partial charge in [0.1, 0.15) is 4.32 Å². The smallest absolute Gasteiger partial charge is 0.266 e. The highest BCUT2D eigenvalue weighted by atomic mass is 32.2. The zero-order valence-corrected chi connectivity index (χ0v) is 20.3. The number of ether oxygens (including phenoxy) is 2. The summed E-state index contributed by atoms with van der Waals surface area (Å²) in [7, 11) is 0. The zero-order chi connectivity index (χ0) is 23.5. The number of hydrogen-bond donors (Lipinski definition) is 0. The van der Waals surface area contributed by atoms with Gasteiger partial charge in [-0.2, -0.15) is 0 Å². The van der Waals surface area contributed by atoms with Crippen molar-refractivity contribution in [2.24, 2.45) is 0 Å². The Labute approximate surface area is 208 Å². The molecule has 0 radical (unpaired) electrons. The lowest BCUT2D eigenvalue weighted by Gasteiger charge is -2.36. The van der Waals surface area contributed by atoms with E-state index in [4.69, 9.17) is 21.7 Å². The standard InChI is InChI=1S/C25H25N3O4S2/c29-23(27-13-11-26(12-14-27)19-5-2-1-3-6-19)7-4-10-28-24(30)22(34-25(28)33)16-18-8-9-20-21(15-18)32-17-31-20/h1-3,5-6,8-9,15-16H,4,7,10-14,17H2. The van der Waals surface area contributed by atoms with Crippen LogP contribution in [0.4, 0.5) is 5.69 Å². The van der Waals surface area contributed by atoms with Crippen LogP contribution in [-0.2, 0) is 9.59 Å². The number of rotatable bonds is 6. The van der Waals surface area contributed by atoms with Crippen molar-refractivity contribution in [3.05, 3.63) is 59.0 Å². The van der Waals surface area contributed by atoms with Gasteiger partial charge in [-0.3, -0.25) is 14.5 Å². The van der Waals surface area contributed by atoms with Crippen LogP contribution >= 0.6 is 24.0 Å². The van der Waals surface area contributed by atoms with Gasteiger partial charge in [0.2, 0.25) is 12.7 Å². The molecule has 3 aliphatic heterocycles. The molecule has 0 bridgehead atoms. The largest absolute Gasteiger partial charge is 0.454 e. The maximum absolute atomic E-state index is 12.9. The minimum atomic E-state index is -0.114. The molecule has 2 fully saturated rings. The molecule has 2 amide bonds. The van der Waals surface area contributed by atoms with Crippen molar-refractivity contribution in [2.45, 2.75) is 12.8 Å². The molecule has 0 aromatic heterocycles. The summed E-state index contributed by atoms with van der Waals surface area (Å²) in [6.07, 6.45) is 2.81. The SMILES string of the molecule is O=C(CCCN1C(=O)C(=Cc2ccc3c(c2)OCO3)SC1=S)N1CCN(c2ccccc2)CC1. The highest BCUT2D eigenvalue weighted by Crippen LogP contribution is 2.36. The number of benzene rings is 2. The molecule has 0 atom stereocenters. The number of thiocarbonyl (C=S) groups is 1. The molecule has 3 aliphatic rings.